The molecule has 9 heteroatoms. The zero-order chi connectivity index (χ0) is 23.1. The molecule has 174 valence electrons. The Morgan fingerprint density at radius 2 is 1.76 bits per heavy atom. The van der Waals surface area contributed by atoms with Crippen LogP contribution in [0.2, 0.25) is 0 Å². The summed E-state index contributed by atoms with van der Waals surface area (Å²) in [7, 11) is -2.16. The summed E-state index contributed by atoms with van der Waals surface area (Å²) in [6.45, 7) is 2.65. The van der Waals surface area contributed by atoms with Gasteiger partial charge < -0.3 is 24.3 Å². The van der Waals surface area contributed by atoms with Gasteiger partial charge in [-0.15, -0.1) is 0 Å². The van der Waals surface area contributed by atoms with Crippen LogP contribution in [0.25, 0.3) is 0 Å². The Morgan fingerprint density at radius 3 is 2.58 bits per heavy atom. The second-order valence-electron chi connectivity index (χ2n) is 7.29. The predicted molar refractivity (Wildman–Crippen MR) is 125 cm³/mol. The number of nitrogens with one attached hydrogen (secondary N) is 2. The van der Waals surface area contributed by atoms with E-state index in [2.05, 4.69) is 10.0 Å². The van der Waals surface area contributed by atoms with Crippen molar-refractivity contribution in [2.45, 2.75) is 11.4 Å². The van der Waals surface area contributed by atoms with Crippen molar-refractivity contribution in [3.05, 3.63) is 72.3 Å². The van der Waals surface area contributed by atoms with Crippen LogP contribution < -0.4 is 29.0 Å². The first-order chi connectivity index (χ1) is 16.0. The molecule has 1 heterocycles. The van der Waals surface area contributed by atoms with Crippen molar-refractivity contribution in [1.82, 2.24) is 5.32 Å². The maximum Gasteiger partial charge on any atom is 0.261 e. The van der Waals surface area contributed by atoms with Crippen molar-refractivity contribution in [3.8, 4) is 23.0 Å². The first-order valence-corrected chi connectivity index (χ1v) is 12.0. The second kappa shape index (κ2) is 10.5. The predicted octanol–water partition coefficient (Wildman–Crippen LogP) is 3.44. The summed E-state index contributed by atoms with van der Waals surface area (Å²) in [6.07, 6.45) is 0. The molecule has 3 aromatic carbocycles. The number of fused-ring (bicyclic) bond motifs is 1. The molecule has 0 spiro atoms. The van der Waals surface area contributed by atoms with Gasteiger partial charge in [0.05, 0.1) is 12.0 Å². The van der Waals surface area contributed by atoms with Gasteiger partial charge in [-0.2, -0.15) is 0 Å². The topological polar surface area (TPSA) is 95.1 Å². The van der Waals surface area contributed by atoms with Crippen molar-refractivity contribution in [2.24, 2.45) is 0 Å². The Hall–Kier alpha value is -3.43. The molecule has 0 radical (unpaired) electrons. The standard InChI is InChI=1S/C24H26N2O6S/c1-29-20-8-10-21(11-9-20)33(27,28)26-19-5-2-4-18(16-19)17-25-12-13-30-22-6-3-7-23-24(22)32-15-14-31-23/h2-11,16,25-26H,12-15,17H2,1H3. The molecule has 0 atom stereocenters. The summed E-state index contributed by atoms with van der Waals surface area (Å²) in [5.74, 6) is 2.59. The summed E-state index contributed by atoms with van der Waals surface area (Å²) < 4.78 is 50.0. The minimum atomic E-state index is -3.69. The van der Waals surface area contributed by atoms with E-state index in [0.29, 0.717) is 61.6 Å². The summed E-state index contributed by atoms with van der Waals surface area (Å²) in [4.78, 5) is 0.168. The van der Waals surface area contributed by atoms with E-state index in [0.717, 1.165) is 5.56 Å². The Morgan fingerprint density at radius 1 is 0.970 bits per heavy atom. The smallest absolute Gasteiger partial charge is 0.261 e. The van der Waals surface area contributed by atoms with E-state index in [1.54, 1.807) is 24.3 Å². The van der Waals surface area contributed by atoms with Crippen molar-refractivity contribution in [2.75, 3.05) is 38.2 Å². The zero-order valence-electron chi connectivity index (χ0n) is 18.2. The molecule has 0 bridgehead atoms. The largest absolute Gasteiger partial charge is 0.497 e. The van der Waals surface area contributed by atoms with Crippen molar-refractivity contribution in [3.63, 3.8) is 0 Å². The molecule has 1 aliphatic heterocycles. The summed E-state index contributed by atoms with van der Waals surface area (Å²) in [6, 6.07) is 19.1. The first kappa shape index (κ1) is 22.8. The van der Waals surface area contributed by atoms with E-state index >= 15 is 0 Å². The molecule has 0 saturated carbocycles. The maximum atomic E-state index is 12.6. The van der Waals surface area contributed by atoms with Gasteiger partial charge in [0.25, 0.3) is 10.0 Å². The minimum absolute atomic E-state index is 0.168. The highest BCUT2D eigenvalue weighted by Crippen LogP contribution is 2.38. The molecule has 0 amide bonds. The van der Waals surface area contributed by atoms with Crippen LogP contribution in [0.1, 0.15) is 5.56 Å². The van der Waals surface area contributed by atoms with Gasteiger partial charge in [-0.1, -0.05) is 18.2 Å². The molecule has 0 fully saturated rings. The van der Waals surface area contributed by atoms with E-state index < -0.39 is 10.0 Å². The van der Waals surface area contributed by atoms with Crippen molar-refractivity contribution < 1.29 is 27.4 Å². The van der Waals surface area contributed by atoms with Gasteiger partial charge >= 0.3 is 0 Å². The van der Waals surface area contributed by atoms with Gasteiger partial charge in [0, 0.05) is 18.8 Å². The molecular weight excluding hydrogens is 444 g/mol. The molecule has 0 saturated heterocycles. The second-order valence-corrected chi connectivity index (χ2v) is 8.97. The lowest BCUT2D eigenvalue weighted by Gasteiger charge is -2.20. The quantitative estimate of drug-likeness (QED) is 0.438. The number of ether oxygens (including phenoxy) is 4. The molecule has 0 aliphatic carbocycles. The fourth-order valence-electron chi connectivity index (χ4n) is 3.34. The molecule has 2 N–H and O–H groups in total. The number of methoxy groups -OCH3 is 1. The zero-order valence-corrected chi connectivity index (χ0v) is 19.1. The van der Waals surface area contributed by atoms with Crippen LogP contribution in [0.3, 0.4) is 0 Å². The highest BCUT2D eigenvalue weighted by Gasteiger charge is 2.17. The van der Waals surface area contributed by atoms with E-state index in [4.69, 9.17) is 18.9 Å². The van der Waals surface area contributed by atoms with E-state index in [1.807, 2.05) is 30.3 Å². The molecule has 0 unspecified atom stereocenters. The van der Waals surface area contributed by atoms with Gasteiger partial charge in [-0.25, -0.2) is 8.42 Å². The van der Waals surface area contributed by atoms with E-state index in [1.165, 1.54) is 19.2 Å². The van der Waals surface area contributed by atoms with Gasteiger partial charge in [-0.3, -0.25) is 4.72 Å². The van der Waals surface area contributed by atoms with Gasteiger partial charge in [-0.05, 0) is 54.1 Å². The molecule has 33 heavy (non-hydrogen) atoms. The molecule has 8 nitrogen and oxygen atoms in total. The average Bonchev–Trinajstić information content (AvgIpc) is 2.84. The van der Waals surface area contributed by atoms with Crippen LogP contribution in [-0.4, -0.2) is 41.9 Å². The van der Waals surface area contributed by atoms with Crippen molar-refractivity contribution in [1.29, 1.82) is 0 Å². The first-order valence-electron chi connectivity index (χ1n) is 10.5. The number of hydrogen-bond donors (Lipinski definition) is 2. The number of rotatable bonds is 10. The highest BCUT2D eigenvalue weighted by molar-refractivity contribution is 7.92. The molecular formula is C24H26N2O6S. The van der Waals surface area contributed by atoms with Gasteiger partial charge in [0.2, 0.25) is 5.75 Å². The SMILES string of the molecule is COc1ccc(S(=O)(=O)Nc2cccc(CNCCOc3cccc4c3OCCO4)c2)cc1. The maximum absolute atomic E-state index is 12.6. The Bertz CT molecular complexity index is 1180. The normalized spacial score (nSPS) is 12.8. The molecule has 4 rings (SSSR count). The number of para-hydroxylation sites is 1. The Labute approximate surface area is 193 Å². The molecule has 3 aromatic rings. The van der Waals surface area contributed by atoms with E-state index in [9.17, 15) is 8.42 Å². The number of benzene rings is 3. The third-order valence-electron chi connectivity index (χ3n) is 4.94. The summed E-state index contributed by atoms with van der Waals surface area (Å²) >= 11 is 0. The van der Waals surface area contributed by atoms with Crippen LogP contribution in [0, 0.1) is 0 Å². The van der Waals surface area contributed by atoms with Crippen LogP contribution in [0.5, 0.6) is 23.0 Å². The van der Waals surface area contributed by atoms with E-state index in [-0.39, 0.29) is 4.90 Å². The third-order valence-corrected chi connectivity index (χ3v) is 6.34. The van der Waals surface area contributed by atoms with Crippen LogP contribution in [0.4, 0.5) is 5.69 Å². The fourth-order valence-corrected chi connectivity index (χ4v) is 4.39. The Kier molecular flexibility index (Phi) is 7.21. The van der Waals surface area contributed by atoms with Crippen LogP contribution in [0.15, 0.2) is 71.6 Å². The lowest BCUT2D eigenvalue weighted by Crippen LogP contribution is -2.21. The monoisotopic (exact) mass is 470 g/mol. The molecule has 1 aliphatic rings. The minimum Gasteiger partial charge on any atom is -0.497 e. The number of hydrogen-bond acceptors (Lipinski definition) is 7. The number of sulfonamides is 1. The Balaban J connectivity index is 1.28. The lowest BCUT2D eigenvalue weighted by molar-refractivity contribution is 0.162. The van der Waals surface area contributed by atoms with Crippen LogP contribution in [-0.2, 0) is 16.6 Å². The number of anilines is 1. The van der Waals surface area contributed by atoms with Crippen LogP contribution >= 0.6 is 0 Å². The van der Waals surface area contributed by atoms with Gasteiger partial charge in [0.15, 0.2) is 11.5 Å². The lowest BCUT2D eigenvalue weighted by atomic mass is 10.2. The van der Waals surface area contributed by atoms with Crippen molar-refractivity contribution >= 4 is 15.7 Å². The van der Waals surface area contributed by atoms with Gasteiger partial charge in [0.1, 0.15) is 25.6 Å². The third kappa shape index (κ3) is 5.88. The fraction of sp³-hybridized carbons (Fsp3) is 0.250. The average molecular weight is 471 g/mol. The highest BCUT2D eigenvalue weighted by atomic mass is 32.2. The molecule has 0 aromatic heterocycles. The summed E-state index contributed by atoms with van der Waals surface area (Å²) in [5, 5.41) is 3.30. The summed E-state index contributed by atoms with van der Waals surface area (Å²) in [5.41, 5.74) is 1.44.